The summed E-state index contributed by atoms with van der Waals surface area (Å²) in [5.74, 6) is -0.354. The minimum atomic E-state index is -0.315. The molecular formula is C23H18Cl2N2O3+2. The van der Waals surface area contributed by atoms with Crippen LogP contribution in [0.2, 0.25) is 10.0 Å². The van der Waals surface area contributed by atoms with Crippen LogP contribution >= 0.6 is 23.2 Å². The number of aryl methyl sites for hydroxylation is 1. The van der Waals surface area contributed by atoms with Crippen LogP contribution in [0.25, 0.3) is 16.6 Å². The van der Waals surface area contributed by atoms with E-state index in [-0.39, 0.29) is 29.2 Å². The maximum atomic E-state index is 12.9. The van der Waals surface area contributed by atoms with Gasteiger partial charge in [0.05, 0.1) is 10.0 Å². The Kier molecular flexibility index (Phi) is 5.33. The second-order valence-electron chi connectivity index (χ2n) is 6.95. The monoisotopic (exact) mass is 440 g/mol. The van der Waals surface area contributed by atoms with Crippen LogP contribution in [0, 0.1) is 6.92 Å². The summed E-state index contributed by atoms with van der Waals surface area (Å²) in [6.45, 7) is 1.83. The van der Waals surface area contributed by atoms with Crippen molar-refractivity contribution in [3.05, 3.63) is 87.9 Å². The lowest BCUT2D eigenvalue weighted by Crippen LogP contribution is -2.49. The van der Waals surface area contributed by atoms with Crippen molar-refractivity contribution in [1.29, 1.82) is 0 Å². The third-order valence-electron chi connectivity index (χ3n) is 4.93. The summed E-state index contributed by atoms with van der Waals surface area (Å²) in [7, 11) is 0. The fourth-order valence-corrected chi connectivity index (χ4v) is 3.63. The molecule has 0 fully saturated rings. The fourth-order valence-electron chi connectivity index (χ4n) is 3.33. The number of benzene rings is 3. The number of hydrogen-bond acceptors (Lipinski definition) is 3. The summed E-state index contributed by atoms with van der Waals surface area (Å²) in [6.07, 6.45) is 0. The molecule has 0 aliphatic heterocycles. The first-order valence-corrected chi connectivity index (χ1v) is 9.96. The van der Waals surface area contributed by atoms with Crippen LogP contribution in [-0.2, 0) is 6.54 Å². The van der Waals surface area contributed by atoms with Gasteiger partial charge in [-0.25, -0.2) is 0 Å². The molecule has 0 amide bonds. The first-order valence-electron chi connectivity index (χ1n) is 9.20. The highest BCUT2D eigenvalue weighted by atomic mass is 35.5. The first-order chi connectivity index (χ1) is 14.4. The number of rotatable bonds is 4. The average Bonchev–Trinajstić information content (AvgIpc) is 2.74. The number of hydrogen-bond donors (Lipinski definition) is 2. The zero-order valence-electron chi connectivity index (χ0n) is 16.0. The average molecular weight is 441 g/mol. The van der Waals surface area contributed by atoms with Gasteiger partial charge in [0.25, 0.3) is 0 Å². The summed E-state index contributed by atoms with van der Waals surface area (Å²) in [5.41, 5.74) is 2.51. The third kappa shape index (κ3) is 3.58. The van der Waals surface area contributed by atoms with Gasteiger partial charge in [0, 0.05) is 23.8 Å². The van der Waals surface area contributed by atoms with Crippen LogP contribution in [0.15, 0.2) is 66.7 Å². The molecule has 0 atom stereocenters. The smallest absolute Gasteiger partial charge is 0.459 e. The standard InChI is InChI=1S/C23H16Cl2N2O3/c1-14-6-8-15(9-7-14)21(28)13-26-20-5-3-2-4-17(20)22(29)27(23(26)30)16-10-11-18(24)19(25)12-16/h2-12H,13H2,1H3/p+2. The van der Waals surface area contributed by atoms with Gasteiger partial charge in [-0.05, 0) is 23.6 Å². The van der Waals surface area contributed by atoms with Gasteiger partial charge in [-0.1, -0.05) is 69.7 Å². The molecule has 0 unspecified atom stereocenters. The van der Waals surface area contributed by atoms with Gasteiger partial charge >= 0.3 is 11.9 Å². The van der Waals surface area contributed by atoms with Crippen LogP contribution < -0.4 is 9.13 Å². The van der Waals surface area contributed by atoms with Crippen molar-refractivity contribution in [2.75, 3.05) is 0 Å². The Balaban J connectivity index is 1.91. The summed E-state index contributed by atoms with van der Waals surface area (Å²) < 4.78 is 2.69. The zero-order valence-corrected chi connectivity index (χ0v) is 17.5. The third-order valence-corrected chi connectivity index (χ3v) is 5.66. The molecule has 5 nitrogen and oxygen atoms in total. The van der Waals surface area contributed by atoms with Crippen molar-refractivity contribution in [1.82, 2.24) is 0 Å². The van der Waals surface area contributed by atoms with E-state index in [1.165, 1.54) is 15.2 Å². The maximum Gasteiger partial charge on any atom is 0.638 e. The molecule has 0 spiro atoms. The zero-order chi connectivity index (χ0) is 21.4. The molecule has 1 aromatic heterocycles. The number of nitrogens with zero attached hydrogens (tertiary/aromatic N) is 2. The SMILES string of the molecule is Cc1ccc(C(=O)C[n+]2c(O)[n+](-c3ccc(Cl)c(Cl)c3)c(O)c3ccccc32)cc1. The lowest BCUT2D eigenvalue weighted by Gasteiger charge is -2.05. The molecule has 0 saturated heterocycles. The second-order valence-corrected chi connectivity index (χ2v) is 7.76. The van der Waals surface area contributed by atoms with Gasteiger partial charge in [0.2, 0.25) is 23.5 Å². The number of aromatic nitrogens is 2. The Morgan fingerprint density at radius 1 is 0.933 bits per heavy atom. The molecule has 0 aliphatic carbocycles. The largest absolute Gasteiger partial charge is 0.638 e. The van der Waals surface area contributed by atoms with E-state index in [0.717, 1.165) is 5.56 Å². The topological polar surface area (TPSA) is 65.3 Å². The molecule has 3 aromatic carbocycles. The Morgan fingerprint density at radius 2 is 1.63 bits per heavy atom. The quantitative estimate of drug-likeness (QED) is 0.367. The summed E-state index contributed by atoms with van der Waals surface area (Å²) in [6, 6.07) is 18.6. The molecule has 0 aliphatic rings. The van der Waals surface area contributed by atoms with E-state index in [1.807, 2.05) is 19.1 Å². The number of halogens is 2. The Hall–Kier alpha value is -3.15. The normalized spacial score (nSPS) is 11.0. The number of fused-ring (bicyclic) bond motifs is 1. The highest BCUT2D eigenvalue weighted by molar-refractivity contribution is 6.42. The molecule has 150 valence electrons. The van der Waals surface area contributed by atoms with Crippen molar-refractivity contribution >= 4 is 39.9 Å². The number of carbonyl (C=O) groups excluding carboxylic acids is 1. The van der Waals surface area contributed by atoms with E-state index in [2.05, 4.69) is 0 Å². The van der Waals surface area contributed by atoms with E-state index < -0.39 is 0 Å². The summed E-state index contributed by atoms with van der Waals surface area (Å²) in [5, 5.41) is 23.0. The summed E-state index contributed by atoms with van der Waals surface area (Å²) in [4.78, 5) is 12.9. The second kappa shape index (κ2) is 7.94. The van der Waals surface area contributed by atoms with Gasteiger partial charge in [-0.2, -0.15) is 0 Å². The number of aromatic hydroxyl groups is 2. The number of Topliss-reactive ketones (excluding diaryl/α,β-unsaturated/α-hetero) is 1. The maximum absolute atomic E-state index is 12.9. The molecule has 30 heavy (non-hydrogen) atoms. The van der Waals surface area contributed by atoms with Gasteiger partial charge in [0.1, 0.15) is 0 Å². The number of para-hydroxylation sites is 1. The molecule has 0 bridgehead atoms. The Morgan fingerprint density at radius 3 is 2.33 bits per heavy atom. The molecule has 0 radical (unpaired) electrons. The summed E-state index contributed by atoms with van der Waals surface area (Å²) >= 11 is 12.1. The van der Waals surface area contributed by atoms with Crippen molar-refractivity contribution in [3.8, 4) is 17.6 Å². The number of carbonyl (C=O) groups is 1. The van der Waals surface area contributed by atoms with Crippen LogP contribution in [0.3, 0.4) is 0 Å². The minimum Gasteiger partial charge on any atom is -0.459 e. The van der Waals surface area contributed by atoms with Crippen molar-refractivity contribution < 1.29 is 24.1 Å². The van der Waals surface area contributed by atoms with E-state index in [0.29, 0.717) is 27.2 Å². The van der Waals surface area contributed by atoms with E-state index in [1.54, 1.807) is 48.5 Å². The lowest BCUT2D eigenvalue weighted by atomic mass is 10.1. The van der Waals surface area contributed by atoms with Crippen molar-refractivity contribution in [2.45, 2.75) is 13.5 Å². The predicted octanol–water partition coefficient (Wildman–Crippen LogP) is 4.31. The van der Waals surface area contributed by atoms with Crippen LogP contribution in [0.5, 0.6) is 11.9 Å². The fraction of sp³-hybridized carbons (Fsp3) is 0.0870. The van der Waals surface area contributed by atoms with E-state index in [4.69, 9.17) is 23.2 Å². The molecule has 2 N–H and O–H groups in total. The van der Waals surface area contributed by atoms with E-state index in [9.17, 15) is 15.0 Å². The van der Waals surface area contributed by atoms with Crippen LogP contribution in [0.1, 0.15) is 15.9 Å². The van der Waals surface area contributed by atoms with Gasteiger partial charge in [-0.3, -0.25) is 4.79 Å². The molecular weight excluding hydrogens is 423 g/mol. The molecule has 4 rings (SSSR count). The van der Waals surface area contributed by atoms with Gasteiger partial charge in [-0.15, -0.1) is 0 Å². The van der Waals surface area contributed by atoms with Gasteiger partial charge < -0.3 is 10.2 Å². The predicted molar refractivity (Wildman–Crippen MR) is 115 cm³/mol. The lowest BCUT2D eigenvalue weighted by molar-refractivity contribution is -0.774. The van der Waals surface area contributed by atoms with E-state index >= 15 is 0 Å². The highest BCUT2D eigenvalue weighted by Gasteiger charge is 2.36. The minimum absolute atomic E-state index is 0.114. The first kappa shape index (κ1) is 20.1. The highest BCUT2D eigenvalue weighted by Crippen LogP contribution is 2.27. The van der Waals surface area contributed by atoms with Crippen LogP contribution in [-0.4, -0.2) is 16.0 Å². The van der Waals surface area contributed by atoms with Gasteiger partial charge in [0.15, 0.2) is 5.39 Å². The van der Waals surface area contributed by atoms with Crippen molar-refractivity contribution in [3.63, 3.8) is 0 Å². The Bertz CT molecular complexity index is 1290. The molecule has 0 saturated carbocycles. The Labute approximate surface area is 183 Å². The van der Waals surface area contributed by atoms with Crippen LogP contribution in [0.4, 0.5) is 0 Å². The van der Waals surface area contributed by atoms with Crippen molar-refractivity contribution in [2.24, 2.45) is 0 Å². The molecule has 7 heteroatoms. The molecule has 1 heterocycles. The molecule has 4 aromatic rings. The number of ketones is 1.